The van der Waals surface area contributed by atoms with E-state index in [4.69, 9.17) is 4.74 Å². The molecule has 0 bridgehead atoms. The second-order valence-corrected chi connectivity index (χ2v) is 7.84. The molecular formula is C24H25NO3S. The summed E-state index contributed by atoms with van der Waals surface area (Å²) >= 11 is 1.59. The fourth-order valence-electron chi connectivity index (χ4n) is 2.94. The SMILES string of the molecule is O=C(O)c1ccccc1SCCCCOc1ccc(CCc2ccncc2)cc1. The largest absolute Gasteiger partial charge is 0.494 e. The van der Waals surface area contributed by atoms with Crippen molar-refractivity contribution >= 4 is 17.7 Å². The van der Waals surface area contributed by atoms with E-state index in [2.05, 4.69) is 29.2 Å². The molecule has 2 aromatic carbocycles. The number of carbonyl (C=O) groups is 1. The van der Waals surface area contributed by atoms with E-state index in [9.17, 15) is 9.90 Å². The van der Waals surface area contributed by atoms with E-state index in [0.717, 1.165) is 42.1 Å². The van der Waals surface area contributed by atoms with Gasteiger partial charge in [0.1, 0.15) is 5.75 Å². The van der Waals surface area contributed by atoms with Crippen LogP contribution in [0.25, 0.3) is 0 Å². The van der Waals surface area contributed by atoms with Crippen LogP contribution in [0.15, 0.2) is 78.0 Å². The van der Waals surface area contributed by atoms with Gasteiger partial charge in [-0.1, -0.05) is 24.3 Å². The van der Waals surface area contributed by atoms with Crippen LogP contribution >= 0.6 is 11.8 Å². The van der Waals surface area contributed by atoms with Gasteiger partial charge in [-0.15, -0.1) is 11.8 Å². The van der Waals surface area contributed by atoms with Crippen molar-refractivity contribution in [3.63, 3.8) is 0 Å². The van der Waals surface area contributed by atoms with Crippen LogP contribution in [0.3, 0.4) is 0 Å². The Hall–Kier alpha value is -2.79. The molecule has 0 spiro atoms. The van der Waals surface area contributed by atoms with Crippen molar-refractivity contribution in [2.45, 2.75) is 30.6 Å². The summed E-state index contributed by atoms with van der Waals surface area (Å²) in [5.41, 5.74) is 2.96. The van der Waals surface area contributed by atoms with Gasteiger partial charge in [0.2, 0.25) is 0 Å². The predicted molar refractivity (Wildman–Crippen MR) is 117 cm³/mol. The van der Waals surface area contributed by atoms with E-state index in [0.29, 0.717) is 12.2 Å². The zero-order chi connectivity index (χ0) is 20.3. The lowest BCUT2D eigenvalue weighted by Crippen LogP contribution is -2.00. The summed E-state index contributed by atoms with van der Waals surface area (Å²) in [5, 5.41) is 9.21. The Bertz CT molecular complexity index is 898. The number of aryl methyl sites for hydroxylation is 2. The highest BCUT2D eigenvalue weighted by Gasteiger charge is 2.08. The van der Waals surface area contributed by atoms with Crippen molar-refractivity contribution in [2.75, 3.05) is 12.4 Å². The van der Waals surface area contributed by atoms with E-state index in [1.165, 1.54) is 11.1 Å². The van der Waals surface area contributed by atoms with Gasteiger partial charge in [-0.05, 0) is 79.0 Å². The minimum absolute atomic E-state index is 0.373. The second-order valence-electron chi connectivity index (χ2n) is 6.70. The number of aromatic carboxylic acids is 1. The molecule has 150 valence electrons. The van der Waals surface area contributed by atoms with Crippen LogP contribution in [0, 0.1) is 0 Å². The number of carboxylic acid groups (broad SMARTS) is 1. The number of ether oxygens (including phenoxy) is 1. The zero-order valence-electron chi connectivity index (χ0n) is 16.3. The molecule has 0 fully saturated rings. The highest BCUT2D eigenvalue weighted by atomic mass is 32.2. The first-order valence-electron chi connectivity index (χ1n) is 9.78. The van der Waals surface area contributed by atoms with Crippen molar-refractivity contribution in [3.05, 3.63) is 89.7 Å². The fraction of sp³-hybridized carbons (Fsp3) is 0.250. The molecular weight excluding hydrogens is 382 g/mol. The summed E-state index contributed by atoms with van der Waals surface area (Å²) in [4.78, 5) is 16.1. The van der Waals surface area contributed by atoms with Crippen LogP contribution in [0.2, 0.25) is 0 Å². The predicted octanol–water partition coefficient (Wildman–Crippen LogP) is 5.52. The van der Waals surface area contributed by atoms with Crippen LogP contribution < -0.4 is 4.74 Å². The van der Waals surface area contributed by atoms with Crippen LogP contribution in [0.1, 0.15) is 34.3 Å². The Labute approximate surface area is 176 Å². The van der Waals surface area contributed by atoms with Crippen molar-refractivity contribution < 1.29 is 14.6 Å². The third-order valence-electron chi connectivity index (χ3n) is 4.56. The van der Waals surface area contributed by atoms with E-state index in [1.807, 2.05) is 36.7 Å². The van der Waals surface area contributed by atoms with Crippen LogP contribution in [-0.4, -0.2) is 28.4 Å². The van der Waals surface area contributed by atoms with Crippen LogP contribution in [0.5, 0.6) is 5.75 Å². The van der Waals surface area contributed by atoms with Crippen molar-refractivity contribution in [2.24, 2.45) is 0 Å². The number of unbranched alkanes of at least 4 members (excludes halogenated alkanes) is 1. The van der Waals surface area contributed by atoms with Crippen molar-refractivity contribution in [1.29, 1.82) is 0 Å². The van der Waals surface area contributed by atoms with Crippen molar-refractivity contribution in [3.8, 4) is 5.75 Å². The van der Waals surface area contributed by atoms with E-state index in [1.54, 1.807) is 23.9 Å². The molecule has 3 aromatic rings. The Kier molecular flexibility index (Phi) is 8.13. The summed E-state index contributed by atoms with van der Waals surface area (Å²) < 4.78 is 5.83. The van der Waals surface area contributed by atoms with Crippen molar-refractivity contribution in [1.82, 2.24) is 4.98 Å². The minimum atomic E-state index is -0.874. The summed E-state index contributed by atoms with van der Waals surface area (Å²) in [5.74, 6) is 0.893. The number of aromatic nitrogens is 1. The molecule has 0 saturated carbocycles. The van der Waals surface area contributed by atoms with Crippen LogP contribution in [-0.2, 0) is 12.8 Å². The number of nitrogens with zero attached hydrogens (tertiary/aromatic N) is 1. The van der Waals surface area contributed by atoms with Crippen LogP contribution in [0.4, 0.5) is 0 Å². The highest BCUT2D eigenvalue weighted by molar-refractivity contribution is 7.99. The lowest BCUT2D eigenvalue weighted by atomic mass is 10.1. The Morgan fingerprint density at radius 2 is 1.59 bits per heavy atom. The number of rotatable bonds is 11. The maximum atomic E-state index is 11.2. The lowest BCUT2D eigenvalue weighted by Gasteiger charge is -2.08. The van der Waals surface area contributed by atoms with Gasteiger partial charge in [0.05, 0.1) is 12.2 Å². The van der Waals surface area contributed by atoms with E-state index < -0.39 is 5.97 Å². The summed E-state index contributed by atoms with van der Waals surface area (Å²) in [6, 6.07) is 19.5. The molecule has 0 aliphatic rings. The first-order valence-corrected chi connectivity index (χ1v) is 10.8. The maximum Gasteiger partial charge on any atom is 0.336 e. The molecule has 5 heteroatoms. The standard InChI is InChI=1S/C24H25NO3S/c26-24(27)22-5-1-2-6-23(22)29-18-4-3-17-28-21-11-9-19(10-12-21)7-8-20-13-15-25-16-14-20/h1-2,5-6,9-16H,3-4,7-8,17-18H2,(H,26,27). The third kappa shape index (κ3) is 6.95. The molecule has 0 aliphatic heterocycles. The average Bonchev–Trinajstić information content (AvgIpc) is 2.76. The Morgan fingerprint density at radius 1 is 0.897 bits per heavy atom. The van der Waals surface area contributed by atoms with Gasteiger partial charge >= 0.3 is 5.97 Å². The molecule has 0 radical (unpaired) electrons. The van der Waals surface area contributed by atoms with Gasteiger partial charge in [0.25, 0.3) is 0 Å². The molecule has 1 heterocycles. The molecule has 0 saturated heterocycles. The maximum absolute atomic E-state index is 11.2. The molecule has 0 aliphatic carbocycles. The Balaban J connectivity index is 1.33. The van der Waals surface area contributed by atoms with Gasteiger partial charge in [-0.2, -0.15) is 0 Å². The molecule has 29 heavy (non-hydrogen) atoms. The Morgan fingerprint density at radius 3 is 2.31 bits per heavy atom. The average molecular weight is 408 g/mol. The summed E-state index contributed by atoms with van der Waals surface area (Å²) in [6.45, 7) is 0.664. The smallest absolute Gasteiger partial charge is 0.336 e. The van der Waals surface area contributed by atoms with Gasteiger partial charge in [-0.25, -0.2) is 4.79 Å². The molecule has 0 atom stereocenters. The summed E-state index contributed by atoms with van der Waals surface area (Å²) in [6.07, 6.45) is 7.57. The monoisotopic (exact) mass is 407 g/mol. The number of carboxylic acids is 1. The molecule has 3 rings (SSSR count). The normalized spacial score (nSPS) is 10.6. The topological polar surface area (TPSA) is 59.4 Å². The number of thioether (sulfide) groups is 1. The van der Waals surface area contributed by atoms with E-state index in [-0.39, 0.29) is 0 Å². The molecule has 0 amide bonds. The number of benzene rings is 2. The number of hydrogen-bond acceptors (Lipinski definition) is 4. The quantitative estimate of drug-likeness (QED) is 0.335. The summed E-state index contributed by atoms with van der Waals surface area (Å²) in [7, 11) is 0. The molecule has 4 nitrogen and oxygen atoms in total. The van der Waals surface area contributed by atoms with Gasteiger partial charge in [0, 0.05) is 17.3 Å². The first-order chi connectivity index (χ1) is 14.2. The zero-order valence-corrected chi connectivity index (χ0v) is 17.1. The molecule has 0 unspecified atom stereocenters. The first kappa shape index (κ1) is 20.9. The minimum Gasteiger partial charge on any atom is -0.494 e. The fourth-order valence-corrected chi connectivity index (χ4v) is 3.99. The number of pyridine rings is 1. The third-order valence-corrected chi connectivity index (χ3v) is 5.72. The number of hydrogen-bond donors (Lipinski definition) is 1. The molecule has 1 N–H and O–H groups in total. The van der Waals surface area contributed by atoms with Gasteiger partial charge in [-0.3, -0.25) is 4.98 Å². The van der Waals surface area contributed by atoms with Gasteiger partial charge < -0.3 is 9.84 Å². The molecule has 1 aromatic heterocycles. The second kappa shape index (κ2) is 11.3. The van der Waals surface area contributed by atoms with E-state index >= 15 is 0 Å². The highest BCUT2D eigenvalue weighted by Crippen LogP contribution is 2.23. The lowest BCUT2D eigenvalue weighted by molar-refractivity contribution is 0.0693. The van der Waals surface area contributed by atoms with Gasteiger partial charge in [0.15, 0.2) is 0 Å².